The standard InChI is InChI=1S/C17H16N4O3/c18-9-13-3-1-2-4-15(13)20-11-14(10-19)16(22)21-7-5-12(6-8-21)17(23)24/h1-4,11-12,20H,5-8H2,(H,23,24)/b14-11-. The highest BCUT2D eigenvalue weighted by Gasteiger charge is 2.28. The number of nitrogens with zero attached hydrogens (tertiary/aromatic N) is 3. The first-order chi connectivity index (χ1) is 11.6. The van der Waals surface area contributed by atoms with Gasteiger partial charge in [-0.15, -0.1) is 0 Å². The first kappa shape index (κ1) is 17.0. The fraction of sp³-hybridized carbons (Fsp3) is 0.294. The number of hydrogen-bond donors (Lipinski definition) is 2. The Morgan fingerprint density at radius 3 is 2.50 bits per heavy atom. The van der Waals surface area contributed by atoms with E-state index >= 15 is 0 Å². The molecule has 1 fully saturated rings. The third-order valence-electron chi connectivity index (χ3n) is 3.90. The molecule has 0 aromatic heterocycles. The molecular weight excluding hydrogens is 308 g/mol. The Balaban J connectivity index is 2.06. The van der Waals surface area contributed by atoms with Crippen molar-refractivity contribution < 1.29 is 14.7 Å². The number of anilines is 1. The van der Waals surface area contributed by atoms with E-state index in [0.717, 1.165) is 0 Å². The molecule has 1 aromatic rings. The molecule has 0 bridgehead atoms. The molecule has 0 spiro atoms. The monoisotopic (exact) mass is 324 g/mol. The first-order valence-corrected chi connectivity index (χ1v) is 7.45. The summed E-state index contributed by atoms with van der Waals surface area (Å²) in [5, 5.41) is 30.0. The number of carboxylic acid groups (broad SMARTS) is 1. The summed E-state index contributed by atoms with van der Waals surface area (Å²) in [6.45, 7) is 0.618. The molecule has 24 heavy (non-hydrogen) atoms. The van der Waals surface area contributed by atoms with Crippen molar-refractivity contribution in [2.75, 3.05) is 18.4 Å². The molecule has 1 aliphatic heterocycles. The molecule has 0 aliphatic carbocycles. The first-order valence-electron chi connectivity index (χ1n) is 7.45. The van der Waals surface area contributed by atoms with E-state index in [1.54, 1.807) is 24.3 Å². The molecule has 0 saturated carbocycles. The molecule has 1 saturated heterocycles. The highest BCUT2D eigenvalue weighted by molar-refractivity contribution is 5.97. The average molecular weight is 324 g/mol. The topological polar surface area (TPSA) is 117 Å². The number of nitrogens with one attached hydrogen (secondary N) is 1. The van der Waals surface area contributed by atoms with Crippen LogP contribution in [0.4, 0.5) is 5.69 Å². The third-order valence-corrected chi connectivity index (χ3v) is 3.90. The van der Waals surface area contributed by atoms with Gasteiger partial charge in [-0.1, -0.05) is 12.1 Å². The Bertz CT molecular complexity index is 750. The summed E-state index contributed by atoms with van der Waals surface area (Å²) >= 11 is 0. The predicted octanol–water partition coefficient (Wildman–Crippen LogP) is 1.70. The second-order valence-electron chi connectivity index (χ2n) is 5.38. The Hall–Kier alpha value is -3.32. The van der Waals surface area contributed by atoms with E-state index in [9.17, 15) is 14.9 Å². The molecule has 122 valence electrons. The average Bonchev–Trinajstić information content (AvgIpc) is 2.62. The van der Waals surface area contributed by atoms with Gasteiger partial charge in [-0.2, -0.15) is 10.5 Å². The Morgan fingerprint density at radius 1 is 1.25 bits per heavy atom. The SMILES string of the molecule is N#C/C(=C/Nc1ccccc1C#N)C(=O)N1CCC(C(=O)O)CC1. The van der Waals surface area contributed by atoms with Crippen molar-refractivity contribution in [1.29, 1.82) is 10.5 Å². The molecule has 2 rings (SSSR count). The van der Waals surface area contributed by atoms with Crippen LogP contribution in [0.2, 0.25) is 0 Å². The lowest BCUT2D eigenvalue weighted by molar-refractivity contribution is -0.145. The largest absolute Gasteiger partial charge is 0.481 e. The number of carboxylic acids is 1. The molecular formula is C17H16N4O3. The lowest BCUT2D eigenvalue weighted by Gasteiger charge is -2.29. The number of benzene rings is 1. The van der Waals surface area contributed by atoms with Gasteiger partial charge >= 0.3 is 5.97 Å². The summed E-state index contributed by atoms with van der Waals surface area (Å²) < 4.78 is 0. The second kappa shape index (κ2) is 7.80. The number of amides is 1. The van der Waals surface area contributed by atoms with Crippen molar-refractivity contribution in [2.24, 2.45) is 5.92 Å². The second-order valence-corrected chi connectivity index (χ2v) is 5.38. The fourth-order valence-electron chi connectivity index (χ4n) is 2.50. The van der Waals surface area contributed by atoms with E-state index in [1.807, 2.05) is 12.1 Å². The summed E-state index contributed by atoms with van der Waals surface area (Å²) in [6.07, 6.45) is 2.04. The number of hydrogen-bond acceptors (Lipinski definition) is 5. The summed E-state index contributed by atoms with van der Waals surface area (Å²) in [7, 11) is 0. The Labute approximate surface area is 139 Å². The van der Waals surface area contributed by atoms with Gasteiger partial charge in [-0.3, -0.25) is 9.59 Å². The number of likely N-dealkylation sites (tertiary alicyclic amines) is 1. The molecule has 1 aliphatic rings. The number of carbonyl (C=O) groups excluding carboxylic acids is 1. The lowest BCUT2D eigenvalue weighted by atomic mass is 9.97. The fourth-order valence-corrected chi connectivity index (χ4v) is 2.50. The van der Waals surface area contributed by atoms with Crippen LogP contribution < -0.4 is 5.32 Å². The number of carbonyl (C=O) groups is 2. The minimum Gasteiger partial charge on any atom is -0.481 e. The van der Waals surface area contributed by atoms with E-state index < -0.39 is 17.8 Å². The third kappa shape index (κ3) is 3.90. The lowest BCUT2D eigenvalue weighted by Crippen LogP contribution is -2.40. The zero-order valence-electron chi connectivity index (χ0n) is 12.9. The van der Waals surface area contributed by atoms with E-state index in [4.69, 9.17) is 10.4 Å². The zero-order valence-corrected chi connectivity index (χ0v) is 12.9. The number of para-hydroxylation sites is 1. The summed E-state index contributed by atoms with van der Waals surface area (Å²) in [6, 6.07) is 10.6. The van der Waals surface area contributed by atoms with Gasteiger partial charge in [0.1, 0.15) is 17.7 Å². The van der Waals surface area contributed by atoms with Crippen LogP contribution in [0.25, 0.3) is 0 Å². The molecule has 7 heteroatoms. The quantitative estimate of drug-likeness (QED) is 0.643. The van der Waals surface area contributed by atoms with Crippen LogP contribution >= 0.6 is 0 Å². The summed E-state index contributed by atoms with van der Waals surface area (Å²) in [5.74, 6) is -1.74. The molecule has 1 aromatic carbocycles. The van der Waals surface area contributed by atoms with Gasteiger partial charge in [0.2, 0.25) is 0 Å². The molecule has 7 nitrogen and oxygen atoms in total. The van der Waals surface area contributed by atoms with Gasteiger partial charge in [-0.25, -0.2) is 0 Å². The van der Waals surface area contributed by atoms with Crippen LogP contribution in [0.5, 0.6) is 0 Å². The molecule has 1 amide bonds. The maximum Gasteiger partial charge on any atom is 0.306 e. The van der Waals surface area contributed by atoms with Crippen molar-refractivity contribution in [1.82, 2.24) is 4.90 Å². The van der Waals surface area contributed by atoms with Crippen LogP contribution in [-0.2, 0) is 9.59 Å². The minimum absolute atomic E-state index is 0.0866. The summed E-state index contributed by atoms with van der Waals surface area (Å²) in [5.41, 5.74) is 0.822. The Kier molecular flexibility index (Phi) is 5.54. The molecule has 2 N–H and O–H groups in total. The highest BCUT2D eigenvalue weighted by atomic mass is 16.4. The van der Waals surface area contributed by atoms with E-state index in [1.165, 1.54) is 11.1 Å². The van der Waals surface area contributed by atoms with Gasteiger partial charge < -0.3 is 15.3 Å². The number of nitriles is 2. The van der Waals surface area contributed by atoms with Crippen LogP contribution in [0.3, 0.4) is 0 Å². The van der Waals surface area contributed by atoms with Crippen molar-refractivity contribution >= 4 is 17.6 Å². The zero-order chi connectivity index (χ0) is 17.5. The number of aliphatic carboxylic acids is 1. The summed E-state index contributed by atoms with van der Waals surface area (Å²) in [4.78, 5) is 24.8. The number of piperidine rings is 1. The van der Waals surface area contributed by atoms with Gasteiger partial charge in [0.05, 0.1) is 17.2 Å². The van der Waals surface area contributed by atoms with Crippen LogP contribution in [0.1, 0.15) is 18.4 Å². The minimum atomic E-state index is -0.854. The number of rotatable bonds is 4. The Morgan fingerprint density at radius 2 is 1.92 bits per heavy atom. The maximum atomic E-state index is 12.4. The van der Waals surface area contributed by atoms with Gasteiger partial charge in [-0.05, 0) is 25.0 Å². The molecule has 1 heterocycles. The van der Waals surface area contributed by atoms with Crippen LogP contribution in [-0.4, -0.2) is 35.0 Å². The van der Waals surface area contributed by atoms with E-state index in [0.29, 0.717) is 37.2 Å². The van der Waals surface area contributed by atoms with Gasteiger partial charge in [0.25, 0.3) is 5.91 Å². The smallest absolute Gasteiger partial charge is 0.306 e. The normalized spacial score (nSPS) is 15.2. The molecule has 0 atom stereocenters. The van der Waals surface area contributed by atoms with Crippen molar-refractivity contribution in [2.45, 2.75) is 12.8 Å². The van der Waals surface area contributed by atoms with Crippen LogP contribution in [0.15, 0.2) is 36.0 Å². The van der Waals surface area contributed by atoms with Crippen molar-refractivity contribution in [3.8, 4) is 12.1 Å². The van der Waals surface area contributed by atoms with Crippen molar-refractivity contribution in [3.63, 3.8) is 0 Å². The molecule has 0 unspecified atom stereocenters. The van der Waals surface area contributed by atoms with Gasteiger partial charge in [0, 0.05) is 19.3 Å². The van der Waals surface area contributed by atoms with E-state index in [-0.39, 0.29) is 5.57 Å². The van der Waals surface area contributed by atoms with Gasteiger partial charge in [0.15, 0.2) is 0 Å². The molecule has 0 radical (unpaired) electrons. The van der Waals surface area contributed by atoms with E-state index in [2.05, 4.69) is 5.32 Å². The maximum absolute atomic E-state index is 12.4. The highest BCUT2D eigenvalue weighted by Crippen LogP contribution is 2.19. The predicted molar refractivity (Wildman–Crippen MR) is 85.4 cm³/mol. The van der Waals surface area contributed by atoms with Crippen molar-refractivity contribution in [3.05, 3.63) is 41.6 Å². The van der Waals surface area contributed by atoms with Crippen LogP contribution in [0, 0.1) is 28.6 Å².